The molecular formula is C11H21NO. The Bertz CT molecular complexity index is 173. The van der Waals surface area contributed by atoms with Crippen molar-refractivity contribution in [3.63, 3.8) is 0 Å². The van der Waals surface area contributed by atoms with E-state index in [4.69, 9.17) is 10.5 Å². The number of hydrogen-bond acceptors (Lipinski definition) is 2. The van der Waals surface area contributed by atoms with Gasteiger partial charge in [-0.3, -0.25) is 0 Å². The molecule has 1 aliphatic rings. The summed E-state index contributed by atoms with van der Waals surface area (Å²) >= 11 is 0. The smallest absolute Gasteiger partial charge is 0.0653 e. The predicted octanol–water partition coefficient (Wildman–Crippen LogP) is 2.10. The van der Waals surface area contributed by atoms with Crippen molar-refractivity contribution in [1.29, 1.82) is 0 Å². The molecule has 0 bridgehead atoms. The van der Waals surface area contributed by atoms with Crippen molar-refractivity contribution in [2.75, 3.05) is 13.2 Å². The van der Waals surface area contributed by atoms with Crippen LogP contribution in [0.4, 0.5) is 0 Å². The molecule has 0 aromatic heterocycles. The van der Waals surface area contributed by atoms with Crippen molar-refractivity contribution in [3.8, 4) is 0 Å². The Morgan fingerprint density at radius 3 is 2.85 bits per heavy atom. The van der Waals surface area contributed by atoms with Crippen molar-refractivity contribution in [2.24, 2.45) is 11.7 Å². The zero-order chi connectivity index (χ0) is 9.68. The van der Waals surface area contributed by atoms with Crippen molar-refractivity contribution < 1.29 is 4.74 Å². The Labute approximate surface area is 81.1 Å². The molecular weight excluding hydrogens is 162 g/mol. The summed E-state index contributed by atoms with van der Waals surface area (Å²) in [6.07, 6.45) is 6.27. The van der Waals surface area contributed by atoms with Gasteiger partial charge in [-0.15, -0.1) is 0 Å². The third-order valence-electron chi connectivity index (χ3n) is 2.69. The lowest BCUT2D eigenvalue weighted by molar-refractivity contribution is 0.0486. The number of ether oxygens (including phenoxy) is 1. The van der Waals surface area contributed by atoms with Crippen LogP contribution in [0.2, 0.25) is 0 Å². The molecule has 0 aliphatic heterocycles. The summed E-state index contributed by atoms with van der Waals surface area (Å²) in [7, 11) is 0. The summed E-state index contributed by atoms with van der Waals surface area (Å²) in [5, 5.41) is 0. The third-order valence-corrected chi connectivity index (χ3v) is 2.69. The topological polar surface area (TPSA) is 35.2 Å². The summed E-state index contributed by atoms with van der Waals surface area (Å²) < 4.78 is 5.76. The van der Waals surface area contributed by atoms with Crippen LogP contribution in [-0.2, 0) is 4.74 Å². The first kappa shape index (κ1) is 10.7. The van der Waals surface area contributed by atoms with Gasteiger partial charge in [0.2, 0.25) is 0 Å². The Morgan fingerprint density at radius 2 is 2.23 bits per heavy atom. The second kappa shape index (κ2) is 5.40. The molecule has 0 aromatic rings. The van der Waals surface area contributed by atoms with Crippen LogP contribution in [0.15, 0.2) is 11.6 Å². The van der Waals surface area contributed by atoms with E-state index >= 15 is 0 Å². The zero-order valence-electron chi connectivity index (χ0n) is 8.75. The van der Waals surface area contributed by atoms with Crippen LogP contribution < -0.4 is 5.73 Å². The highest BCUT2D eigenvalue weighted by molar-refractivity contribution is 4.93. The monoisotopic (exact) mass is 183 g/mol. The van der Waals surface area contributed by atoms with Gasteiger partial charge in [-0.25, -0.2) is 0 Å². The van der Waals surface area contributed by atoms with E-state index in [0.29, 0.717) is 12.0 Å². The summed E-state index contributed by atoms with van der Waals surface area (Å²) in [6, 6.07) is 0. The molecule has 2 N–H and O–H groups in total. The number of hydrogen-bond donors (Lipinski definition) is 1. The van der Waals surface area contributed by atoms with E-state index in [1.54, 1.807) is 0 Å². The maximum absolute atomic E-state index is 5.76. The van der Waals surface area contributed by atoms with E-state index in [0.717, 1.165) is 13.2 Å². The average Bonchev–Trinajstić information content (AvgIpc) is 2.51. The van der Waals surface area contributed by atoms with Crippen LogP contribution in [0, 0.1) is 5.92 Å². The molecule has 2 atom stereocenters. The van der Waals surface area contributed by atoms with Gasteiger partial charge in [0.15, 0.2) is 0 Å². The van der Waals surface area contributed by atoms with E-state index in [2.05, 4.69) is 19.9 Å². The van der Waals surface area contributed by atoms with Crippen molar-refractivity contribution >= 4 is 0 Å². The van der Waals surface area contributed by atoms with Crippen LogP contribution in [0.5, 0.6) is 0 Å². The van der Waals surface area contributed by atoms with Crippen LogP contribution in [0.25, 0.3) is 0 Å². The minimum absolute atomic E-state index is 0.417. The van der Waals surface area contributed by atoms with Gasteiger partial charge in [0, 0.05) is 0 Å². The average molecular weight is 183 g/mol. The maximum Gasteiger partial charge on any atom is 0.0653 e. The first-order chi connectivity index (χ1) is 6.24. The van der Waals surface area contributed by atoms with Crippen molar-refractivity contribution in [2.45, 2.75) is 39.2 Å². The molecule has 2 nitrogen and oxygen atoms in total. The Kier molecular flexibility index (Phi) is 4.46. The first-order valence-corrected chi connectivity index (χ1v) is 5.19. The number of nitrogens with two attached hydrogens (primary N) is 1. The molecule has 76 valence electrons. The van der Waals surface area contributed by atoms with Crippen LogP contribution in [0.3, 0.4) is 0 Å². The SMILES string of the molecule is CC(C)=CCOC1CCCC1CN. The van der Waals surface area contributed by atoms with Gasteiger partial charge in [-0.1, -0.05) is 18.1 Å². The van der Waals surface area contributed by atoms with Crippen molar-refractivity contribution in [3.05, 3.63) is 11.6 Å². The fourth-order valence-electron chi connectivity index (χ4n) is 1.83. The molecule has 2 heteroatoms. The van der Waals surface area contributed by atoms with Crippen LogP contribution in [0.1, 0.15) is 33.1 Å². The molecule has 0 saturated heterocycles. The second-order valence-electron chi connectivity index (χ2n) is 4.08. The summed E-state index contributed by atoms with van der Waals surface area (Å²) in [5.74, 6) is 0.602. The van der Waals surface area contributed by atoms with Crippen LogP contribution in [-0.4, -0.2) is 19.3 Å². The minimum Gasteiger partial charge on any atom is -0.374 e. The molecule has 1 fully saturated rings. The lowest BCUT2D eigenvalue weighted by atomic mass is 10.1. The highest BCUT2D eigenvalue weighted by Gasteiger charge is 2.26. The minimum atomic E-state index is 0.417. The van der Waals surface area contributed by atoms with Gasteiger partial charge < -0.3 is 10.5 Å². The molecule has 13 heavy (non-hydrogen) atoms. The number of allylic oxidation sites excluding steroid dienone is 1. The van der Waals surface area contributed by atoms with E-state index in [1.807, 2.05) is 0 Å². The summed E-state index contributed by atoms with van der Waals surface area (Å²) in [5.41, 5.74) is 6.98. The lowest BCUT2D eigenvalue weighted by Gasteiger charge is -2.17. The second-order valence-corrected chi connectivity index (χ2v) is 4.08. The molecule has 1 saturated carbocycles. The van der Waals surface area contributed by atoms with Crippen LogP contribution >= 0.6 is 0 Å². The molecule has 1 aliphatic carbocycles. The first-order valence-electron chi connectivity index (χ1n) is 5.19. The third kappa shape index (κ3) is 3.49. The highest BCUT2D eigenvalue weighted by Crippen LogP contribution is 2.27. The normalized spacial score (nSPS) is 27.6. The Hall–Kier alpha value is -0.340. The van der Waals surface area contributed by atoms with Gasteiger partial charge in [0.25, 0.3) is 0 Å². The Balaban J connectivity index is 2.24. The van der Waals surface area contributed by atoms with E-state index < -0.39 is 0 Å². The maximum atomic E-state index is 5.76. The van der Waals surface area contributed by atoms with Gasteiger partial charge in [-0.05, 0) is 39.2 Å². The number of rotatable bonds is 4. The van der Waals surface area contributed by atoms with E-state index in [-0.39, 0.29) is 0 Å². The lowest BCUT2D eigenvalue weighted by Crippen LogP contribution is -2.25. The predicted molar refractivity (Wildman–Crippen MR) is 55.6 cm³/mol. The largest absolute Gasteiger partial charge is 0.374 e. The zero-order valence-corrected chi connectivity index (χ0v) is 8.75. The van der Waals surface area contributed by atoms with Gasteiger partial charge in [-0.2, -0.15) is 0 Å². The molecule has 2 unspecified atom stereocenters. The van der Waals surface area contributed by atoms with Crippen molar-refractivity contribution in [1.82, 2.24) is 0 Å². The van der Waals surface area contributed by atoms with Gasteiger partial charge in [0.05, 0.1) is 12.7 Å². The fraction of sp³-hybridized carbons (Fsp3) is 0.818. The Morgan fingerprint density at radius 1 is 1.46 bits per heavy atom. The summed E-state index contributed by atoms with van der Waals surface area (Å²) in [4.78, 5) is 0. The highest BCUT2D eigenvalue weighted by atomic mass is 16.5. The molecule has 0 heterocycles. The standard InChI is InChI=1S/C11H21NO/c1-9(2)6-7-13-11-5-3-4-10(11)8-12/h6,10-11H,3-5,7-8,12H2,1-2H3. The molecule has 0 radical (unpaired) electrons. The van der Waals surface area contributed by atoms with E-state index in [1.165, 1.54) is 24.8 Å². The molecule has 1 rings (SSSR count). The summed E-state index contributed by atoms with van der Waals surface area (Å²) in [6.45, 7) is 5.72. The van der Waals surface area contributed by atoms with E-state index in [9.17, 15) is 0 Å². The molecule has 0 spiro atoms. The van der Waals surface area contributed by atoms with Gasteiger partial charge >= 0.3 is 0 Å². The quantitative estimate of drug-likeness (QED) is 0.677. The molecule has 0 amide bonds. The molecule has 0 aromatic carbocycles. The van der Waals surface area contributed by atoms with Gasteiger partial charge in [0.1, 0.15) is 0 Å². The fourth-order valence-corrected chi connectivity index (χ4v) is 1.83.